The molecule has 0 aromatic heterocycles. The van der Waals surface area contributed by atoms with Gasteiger partial charge >= 0.3 is 0 Å². The van der Waals surface area contributed by atoms with Gasteiger partial charge in [-0.1, -0.05) is 32.1 Å². The van der Waals surface area contributed by atoms with Crippen LogP contribution in [0.2, 0.25) is 0 Å². The van der Waals surface area contributed by atoms with Crippen LogP contribution in [0.15, 0.2) is 36.9 Å². The summed E-state index contributed by atoms with van der Waals surface area (Å²) in [6.45, 7) is 9.77. The maximum Gasteiger partial charge on any atom is 0.119 e. The van der Waals surface area contributed by atoms with Gasteiger partial charge < -0.3 is 10.1 Å². The molecule has 1 aromatic carbocycles. The highest BCUT2D eigenvalue weighted by Crippen LogP contribution is 2.22. The Kier molecular flexibility index (Phi) is 6.41. The summed E-state index contributed by atoms with van der Waals surface area (Å²) >= 11 is 0. The van der Waals surface area contributed by atoms with E-state index in [4.69, 9.17) is 4.74 Å². The van der Waals surface area contributed by atoms with E-state index in [0.717, 1.165) is 31.7 Å². The Hall–Kier alpha value is -1.28. The first-order chi connectivity index (χ1) is 8.31. The molecule has 2 nitrogen and oxygen atoms in total. The average molecular weight is 233 g/mol. The summed E-state index contributed by atoms with van der Waals surface area (Å²) in [4.78, 5) is 0. The van der Waals surface area contributed by atoms with Crippen molar-refractivity contribution in [2.24, 2.45) is 0 Å². The molecule has 1 atom stereocenters. The van der Waals surface area contributed by atoms with Crippen LogP contribution in [0.3, 0.4) is 0 Å². The van der Waals surface area contributed by atoms with Crippen molar-refractivity contribution in [2.45, 2.75) is 32.7 Å². The highest BCUT2D eigenvalue weighted by Gasteiger charge is 2.08. The van der Waals surface area contributed by atoms with Gasteiger partial charge in [0.1, 0.15) is 5.75 Å². The molecule has 17 heavy (non-hydrogen) atoms. The Morgan fingerprint density at radius 2 is 2.24 bits per heavy atom. The normalized spacial score (nSPS) is 12.1. The lowest BCUT2D eigenvalue weighted by atomic mass is 10.0. The first-order valence-corrected chi connectivity index (χ1v) is 6.38. The number of hydrogen-bond acceptors (Lipinski definition) is 2. The van der Waals surface area contributed by atoms with Gasteiger partial charge in [-0.05, 0) is 37.1 Å². The smallest absolute Gasteiger partial charge is 0.119 e. The molecule has 0 aliphatic heterocycles. The fourth-order valence-corrected chi connectivity index (χ4v) is 1.79. The van der Waals surface area contributed by atoms with E-state index in [9.17, 15) is 0 Å². The van der Waals surface area contributed by atoms with Crippen molar-refractivity contribution in [1.82, 2.24) is 5.32 Å². The molecule has 0 saturated carbocycles. The number of ether oxygens (including phenoxy) is 1. The van der Waals surface area contributed by atoms with Crippen molar-refractivity contribution in [3.8, 4) is 5.75 Å². The molecule has 0 heterocycles. The topological polar surface area (TPSA) is 21.3 Å². The first kappa shape index (κ1) is 13.8. The summed E-state index contributed by atoms with van der Waals surface area (Å²) in [7, 11) is 0. The lowest BCUT2D eigenvalue weighted by Gasteiger charge is -2.17. The number of hydrogen-bond donors (Lipinski definition) is 1. The van der Waals surface area contributed by atoms with Gasteiger partial charge in [0.25, 0.3) is 0 Å². The van der Waals surface area contributed by atoms with Crippen LogP contribution in [0.5, 0.6) is 5.75 Å². The van der Waals surface area contributed by atoms with E-state index in [-0.39, 0.29) is 0 Å². The second kappa shape index (κ2) is 7.91. The van der Waals surface area contributed by atoms with Gasteiger partial charge in [-0.15, -0.1) is 6.58 Å². The Labute approximate surface area is 105 Å². The summed E-state index contributed by atoms with van der Waals surface area (Å²) in [6.07, 6.45) is 3.92. The second-order valence-corrected chi connectivity index (χ2v) is 4.06. The summed E-state index contributed by atoms with van der Waals surface area (Å²) < 4.78 is 5.65. The standard InChI is InChI=1S/C15H23NO/c1-4-8-15(16-6-3)13-9-7-10-14(12-13)17-11-5-2/h4,7,9-10,12,15-16H,1,5-6,8,11H2,2-3H3. The van der Waals surface area contributed by atoms with E-state index in [1.165, 1.54) is 5.56 Å². The monoisotopic (exact) mass is 233 g/mol. The number of nitrogens with one attached hydrogen (secondary N) is 1. The minimum Gasteiger partial charge on any atom is -0.494 e. The van der Waals surface area contributed by atoms with Gasteiger partial charge in [0.2, 0.25) is 0 Å². The van der Waals surface area contributed by atoms with Crippen LogP contribution in [0, 0.1) is 0 Å². The van der Waals surface area contributed by atoms with Crippen LogP contribution >= 0.6 is 0 Å². The number of rotatable bonds is 8. The molecule has 1 rings (SSSR count). The molecule has 1 unspecified atom stereocenters. The third-order valence-electron chi connectivity index (χ3n) is 2.59. The lowest BCUT2D eigenvalue weighted by molar-refractivity contribution is 0.316. The molecule has 0 radical (unpaired) electrons. The molecule has 0 amide bonds. The molecule has 0 spiro atoms. The van der Waals surface area contributed by atoms with Crippen molar-refractivity contribution in [3.63, 3.8) is 0 Å². The van der Waals surface area contributed by atoms with Gasteiger partial charge in [-0.25, -0.2) is 0 Å². The zero-order chi connectivity index (χ0) is 12.5. The van der Waals surface area contributed by atoms with Crippen molar-refractivity contribution in [3.05, 3.63) is 42.5 Å². The van der Waals surface area contributed by atoms with Crippen LogP contribution in [-0.2, 0) is 0 Å². The second-order valence-electron chi connectivity index (χ2n) is 4.06. The SMILES string of the molecule is C=CCC(NCC)c1cccc(OCCC)c1. The zero-order valence-corrected chi connectivity index (χ0v) is 10.9. The zero-order valence-electron chi connectivity index (χ0n) is 10.9. The van der Waals surface area contributed by atoms with Crippen LogP contribution in [-0.4, -0.2) is 13.2 Å². The van der Waals surface area contributed by atoms with E-state index in [0.29, 0.717) is 6.04 Å². The van der Waals surface area contributed by atoms with Gasteiger partial charge in [0, 0.05) is 6.04 Å². The molecule has 1 N–H and O–H groups in total. The van der Waals surface area contributed by atoms with Crippen LogP contribution in [0.4, 0.5) is 0 Å². The van der Waals surface area contributed by atoms with Gasteiger partial charge in [-0.2, -0.15) is 0 Å². The van der Waals surface area contributed by atoms with Gasteiger partial charge in [-0.3, -0.25) is 0 Å². The first-order valence-electron chi connectivity index (χ1n) is 6.38. The van der Waals surface area contributed by atoms with Crippen LogP contribution in [0.25, 0.3) is 0 Å². The molecule has 2 heteroatoms. The molecule has 0 fully saturated rings. The van der Waals surface area contributed by atoms with Crippen molar-refractivity contribution in [2.75, 3.05) is 13.2 Å². The minimum atomic E-state index is 0.336. The fraction of sp³-hybridized carbons (Fsp3) is 0.467. The van der Waals surface area contributed by atoms with Gasteiger partial charge in [0.05, 0.1) is 6.61 Å². The van der Waals surface area contributed by atoms with Gasteiger partial charge in [0.15, 0.2) is 0 Å². The summed E-state index contributed by atoms with van der Waals surface area (Å²) in [5, 5.41) is 3.46. The Morgan fingerprint density at radius 3 is 2.88 bits per heavy atom. The summed E-state index contributed by atoms with van der Waals surface area (Å²) in [5.41, 5.74) is 1.26. The lowest BCUT2D eigenvalue weighted by Crippen LogP contribution is -2.20. The largest absolute Gasteiger partial charge is 0.494 e. The van der Waals surface area contributed by atoms with Crippen molar-refractivity contribution < 1.29 is 4.74 Å². The highest BCUT2D eigenvalue weighted by molar-refractivity contribution is 5.31. The number of benzene rings is 1. The van der Waals surface area contributed by atoms with E-state index in [1.54, 1.807) is 0 Å². The minimum absolute atomic E-state index is 0.336. The molecular weight excluding hydrogens is 210 g/mol. The summed E-state index contributed by atoms with van der Waals surface area (Å²) in [6, 6.07) is 8.65. The quantitative estimate of drug-likeness (QED) is 0.691. The van der Waals surface area contributed by atoms with E-state index in [2.05, 4.69) is 37.9 Å². The maximum atomic E-state index is 5.65. The third-order valence-corrected chi connectivity index (χ3v) is 2.59. The van der Waals surface area contributed by atoms with E-state index in [1.807, 2.05) is 18.2 Å². The Bertz CT molecular complexity index is 335. The van der Waals surface area contributed by atoms with Crippen LogP contribution < -0.4 is 10.1 Å². The molecule has 1 aromatic rings. The fourth-order valence-electron chi connectivity index (χ4n) is 1.79. The molecule has 0 aliphatic carbocycles. The third kappa shape index (κ3) is 4.61. The molecule has 0 saturated heterocycles. The van der Waals surface area contributed by atoms with Crippen molar-refractivity contribution in [1.29, 1.82) is 0 Å². The van der Waals surface area contributed by atoms with Crippen LogP contribution in [0.1, 0.15) is 38.3 Å². The highest BCUT2D eigenvalue weighted by atomic mass is 16.5. The predicted molar refractivity (Wildman–Crippen MR) is 73.5 cm³/mol. The Morgan fingerprint density at radius 1 is 1.41 bits per heavy atom. The summed E-state index contributed by atoms with van der Waals surface area (Å²) in [5.74, 6) is 0.955. The predicted octanol–water partition coefficient (Wildman–Crippen LogP) is 3.70. The van der Waals surface area contributed by atoms with Crippen molar-refractivity contribution >= 4 is 0 Å². The van der Waals surface area contributed by atoms with E-state index < -0.39 is 0 Å². The maximum absolute atomic E-state index is 5.65. The van der Waals surface area contributed by atoms with E-state index >= 15 is 0 Å². The molecule has 0 aliphatic rings. The average Bonchev–Trinajstić information content (AvgIpc) is 2.36. The molecule has 94 valence electrons. The molecular formula is C15H23NO. The Balaban J connectivity index is 2.75. The molecule has 0 bridgehead atoms.